The maximum Gasteiger partial charge on any atom is 0.231 e. The molecule has 8 nitrogen and oxygen atoms in total. The number of rotatable bonds is 6. The lowest BCUT2D eigenvalue weighted by atomic mass is 9.95. The van der Waals surface area contributed by atoms with Crippen molar-refractivity contribution in [3.8, 4) is 0 Å². The van der Waals surface area contributed by atoms with Crippen molar-refractivity contribution in [1.82, 2.24) is 30.0 Å². The molecule has 1 atom stereocenters. The van der Waals surface area contributed by atoms with E-state index in [1.807, 2.05) is 55.8 Å². The average Bonchev–Trinajstić information content (AvgIpc) is 3.43. The third kappa shape index (κ3) is 4.37. The van der Waals surface area contributed by atoms with Gasteiger partial charge in [0.25, 0.3) is 0 Å². The van der Waals surface area contributed by atoms with E-state index < -0.39 is 5.92 Å². The highest BCUT2D eigenvalue weighted by Crippen LogP contribution is 2.28. The molecule has 0 fully saturated rings. The van der Waals surface area contributed by atoms with Crippen LogP contribution in [0.5, 0.6) is 0 Å². The lowest BCUT2D eigenvalue weighted by molar-refractivity contribution is -0.133. The molecule has 2 amide bonds. The van der Waals surface area contributed by atoms with Crippen LogP contribution in [0.1, 0.15) is 34.9 Å². The van der Waals surface area contributed by atoms with Crippen molar-refractivity contribution in [2.24, 2.45) is 7.05 Å². The van der Waals surface area contributed by atoms with Crippen LogP contribution in [0.15, 0.2) is 61.1 Å². The summed E-state index contributed by atoms with van der Waals surface area (Å²) in [4.78, 5) is 35.5. The Morgan fingerprint density at radius 1 is 1.18 bits per heavy atom. The summed E-state index contributed by atoms with van der Waals surface area (Å²) in [5.41, 5.74) is 4.65. The van der Waals surface area contributed by atoms with Crippen LogP contribution in [0, 0.1) is 0 Å². The first-order valence-electron chi connectivity index (χ1n) is 11.1. The smallest absolute Gasteiger partial charge is 0.231 e. The molecule has 0 radical (unpaired) electrons. The van der Waals surface area contributed by atoms with Gasteiger partial charge < -0.3 is 15.2 Å². The van der Waals surface area contributed by atoms with Gasteiger partial charge in [-0.05, 0) is 30.2 Å². The molecule has 4 aromatic rings. The van der Waals surface area contributed by atoms with E-state index in [1.54, 1.807) is 15.8 Å². The van der Waals surface area contributed by atoms with Gasteiger partial charge in [-0.25, -0.2) is 0 Å². The summed E-state index contributed by atoms with van der Waals surface area (Å²) < 4.78 is 1.71. The molecule has 4 heterocycles. The number of nitrogens with one attached hydrogen (secondary N) is 2. The molecule has 1 aliphatic rings. The molecular weight excluding hydrogens is 416 g/mol. The molecule has 0 spiro atoms. The van der Waals surface area contributed by atoms with Gasteiger partial charge in [0.15, 0.2) is 0 Å². The van der Waals surface area contributed by atoms with Crippen molar-refractivity contribution in [3.63, 3.8) is 0 Å². The number of aromatic nitrogens is 4. The number of hydrogen-bond acceptors (Lipinski definition) is 4. The van der Waals surface area contributed by atoms with Gasteiger partial charge in [0.05, 0.1) is 23.9 Å². The zero-order valence-corrected chi connectivity index (χ0v) is 18.5. The minimum Gasteiger partial charge on any atom is -0.361 e. The molecule has 33 heavy (non-hydrogen) atoms. The summed E-state index contributed by atoms with van der Waals surface area (Å²) in [6.45, 7) is 1.14. The lowest BCUT2D eigenvalue weighted by Crippen LogP contribution is -2.43. The summed E-state index contributed by atoms with van der Waals surface area (Å²) in [6.07, 6.45) is 6.61. The quantitative estimate of drug-likeness (QED) is 0.480. The van der Waals surface area contributed by atoms with E-state index >= 15 is 0 Å². The first kappa shape index (κ1) is 20.9. The molecule has 3 aromatic heterocycles. The van der Waals surface area contributed by atoms with Gasteiger partial charge in [0.1, 0.15) is 0 Å². The van der Waals surface area contributed by atoms with Gasteiger partial charge in [-0.2, -0.15) is 5.10 Å². The zero-order valence-electron chi connectivity index (χ0n) is 18.5. The number of para-hydroxylation sites is 1. The number of aromatic amines is 1. The number of fused-ring (bicyclic) bond motifs is 2. The molecule has 0 aliphatic carbocycles. The molecule has 1 aromatic carbocycles. The number of nitrogens with zero attached hydrogens (tertiary/aromatic N) is 4. The zero-order chi connectivity index (χ0) is 22.8. The number of aryl methyl sites for hydroxylation is 2. The standard InChI is InChI=1S/C25H26N6O2/c1-30-14-18-15-31(23(32)10-9-17-12-27-22-8-3-2-7-20(17)22)16-21(24(18)29-30)25(33)28-13-19-6-4-5-11-26-19/h2-8,11-12,14,21,27H,9-10,13,15-16H2,1H3,(H,28,33)/t21-/m0/s1. The van der Waals surface area contributed by atoms with Gasteiger partial charge >= 0.3 is 0 Å². The first-order chi connectivity index (χ1) is 16.1. The Balaban J connectivity index is 1.28. The van der Waals surface area contributed by atoms with E-state index in [-0.39, 0.29) is 11.8 Å². The molecule has 0 saturated carbocycles. The number of carbonyl (C=O) groups excluding carboxylic acids is 2. The van der Waals surface area contributed by atoms with Crippen LogP contribution in [0.25, 0.3) is 10.9 Å². The predicted octanol–water partition coefficient (Wildman–Crippen LogP) is 2.67. The molecule has 168 valence electrons. The van der Waals surface area contributed by atoms with Crippen molar-refractivity contribution in [1.29, 1.82) is 0 Å². The minimum absolute atomic E-state index is 0.0392. The fourth-order valence-corrected chi connectivity index (χ4v) is 4.49. The summed E-state index contributed by atoms with van der Waals surface area (Å²) in [5, 5.41) is 8.63. The van der Waals surface area contributed by atoms with Crippen molar-refractivity contribution < 1.29 is 9.59 Å². The maximum atomic E-state index is 13.1. The number of benzene rings is 1. The highest BCUT2D eigenvalue weighted by Gasteiger charge is 2.35. The molecule has 1 aliphatic heterocycles. The van der Waals surface area contributed by atoms with E-state index in [4.69, 9.17) is 0 Å². The van der Waals surface area contributed by atoms with Gasteiger partial charge in [-0.3, -0.25) is 19.3 Å². The van der Waals surface area contributed by atoms with Crippen LogP contribution < -0.4 is 5.32 Å². The van der Waals surface area contributed by atoms with E-state index in [2.05, 4.69) is 26.4 Å². The molecule has 2 N–H and O–H groups in total. The highest BCUT2D eigenvalue weighted by molar-refractivity contribution is 5.86. The van der Waals surface area contributed by atoms with Crippen LogP contribution in [0.4, 0.5) is 0 Å². The lowest BCUT2D eigenvalue weighted by Gasteiger charge is -2.31. The second kappa shape index (κ2) is 8.90. The van der Waals surface area contributed by atoms with Crippen LogP contribution in [-0.4, -0.2) is 43.0 Å². The number of carbonyl (C=O) groups is 2. The SMILES string of the molecule is Cn1cc2c(n1)[C@@H](C(=O)NCc1ccccn1)CN(C(=O)CCc1c[nH]c3ccccc13)C2. The Hall–Kier alpha value is -3.94. The van der Waals surface area contributed by atoms with Crippen LogP contribution in [-0.2, 0) is 36.1 Å². The molecule has 8 heteroatoms. The largest absolute Gasteiger partial charge is 0.361 e. The van der Waals surface area contributed by atoms with Crippen molar-refractivity contribution >= 4 is 22.7 Å². The van der Waals surface area contributed by atoms with Gasteiger partial charge in [-0.15, -0.1) is 0 Å². The first-order valence-corrected chi connectivity index (χ1v) is 11.1. The molecular formula is C25H26N6O2. The minimum atomic E-state index is -0.504. The fourth-order valence-electron chi connectivity index (χ4n) is 4.49. The summed E-state index contributed by atoms with van der Waals surface area (Å²) in [6, 6.07) is 13.7. The Bertz CT molecular complexity index is 1290. The highest BCUT2D eigenvalue weighted by atomic mass is 16.2. The second-order valence-electron chi connectivity index (χ2n) is 8.44. The summed E-state index contributed by atoms with van der Waals surface area (Å²) in [5.74, 6) is -0.609. The number of hydrogen-bond donors (Lipinski definition) is 2. The molecule has 5 rings (SSSR count). The average molecular weight is 443 g/mol. The fraction of sp³-hybridized carbons (Fsp3) is 0.280. The van der Waals surface area contributed by atoms with Crippen LogP contribution >= 0.6 is 0 Å². The van der Waals surface area contributed by atoms with Crippen molar-refractivity contribution in [2.45, 2.75) is 31.8 Å². The third-order valence-corrected chi connectivity index (χ3v) is 6.15. The monoisotopic (exact) mass is 442 g/mol. The molecule has 0 bridgehead atoms. The van der Waals surface area contributed by atoms with Crippen LogP contribution in [0.3, 0.4) is 0 Å². The molecule has 0 unspecified atom stereocenters. The Kier molecular flexibility index (Phi) is 5.64. The Morgan fingerprint density at radius 3 is 2.88 bits per heavy atom. The van der Waals surface area contributed by atoms with Crippen molar-refractivity contribution in [2.75, 3.05) is 6.54 Å². The van der Waals surface area contributed by atoms with E-state index in [0.29, 0.717) is 32.5 Å². The van der Waals surface area contributed by atoms with E-state index in [9.17, 15) is 9.59 Å². The summed E-state index contributed by atoms with van der Waals surface area (Å²) in [7, 11) is 1.84. The maximum absolute atomic E-state index is 13.1. The Labute approximate surface area is 191 Å². The third-order valence-electron chi connectivity index (χ3n) is 6.15. The number of H-pyrrole nitrogens is 1. The van der Waals surface area contributed by atoms with Gasteiger partial charge in [0, 0.05) is 61.6 Å². The van der Waals surface area contributed by atoms with E-state index in [1.165, 1.54) is 0 Å². The Morgan fingerprint density at radius 2 is 2.03 bits per heavy atom. The van der Waals surface area contributed by atoms with Gasteiger partial charge in [0.2, 0.25) is 11.8 Å². The predicted molar refractivity (Wildman–Crippen MR) is 124 cm³/mol. The second-order valence-corrected chi connectivity index (χ2v) is 8.44. The van der Waals surface area contributed by atoms with Gasteiger partial charge in [-0.1, -0.05) is 24.3 Å². The number of amides is 2. The normalized spacial score (nSPS) is 15.4. The summed E-state index contributed by atoms with van der Waals surface area (Å²) >= 11 is 0. The molecule has 0 saturated heterocycles. The van der Waals surface area contributed by atoms with Crippen LogP contribution in [0.2, 0.25) is 0 Å². The number of pyridine rings is 1. The van der Waals surface area contributed by atoms with E-state index in [0.717, 1.165) is 33.4 Å². The topological polar surface area (TPSA) is 95.9 Å². The van der Waals surface area contributed by atoms with Crippen molar-refractivity contribution in [3.05, 3.63) is 83.6 Å².